The van der Waals surface area contributed by atoms with Crippen LogP contribution in [-0.2, 0) is 21.3 Å². The molecule has 1 aromatic rings. The molecule has 3 rings (SSSR count). The van der Waals surface area contributed by atoms with Gasteiger partial charge in [0.2, 0.25) is 10.0 Å². The van der Waals surface area contributed by atoms with E-state index in [0.29, 0.717) is 25.2 Å². The molecule has 2 aliphatic rings. The average Bonchev–Trinajstić information content (AvgIpc) is 3.23. The number of rotatable bonds is 7. The van der Waals surface area contributed by atoms with Gasteiger partial charge >= 0.3 is 0 Å². The van der Waals surface area contributed by atoms with Crippen molar-refractivity contribution in [3.8, 4) is 0 Å². The highest BCUT2D eigenvalue weighted by Gasteiger charge is 2.41. The van der Waals surface area contributed by atoms with Gasteiger partial charge in [-0.15, -0.1) is 24.0 Å². The highest BCUT2D eigenvalue weighted by molar-refractivity contribution is 14.0. The minimum atomic E-state index is -3.34. The van der Waals surface area contributed by atoms with Crippen LogP contribution in [0.4, 0.5) is 0 Å². The van der Waals surface area contributed by atoms with Crippen LogP contribution >= 0.6 is 24.0 Å². The van der Waals surface area contributed by atoms with Crippen molar-refractivity contribution in [1.82, 2.24) is 15.4 Å². The first-order valence-corrected chi connectivity index (χ1v) is 10.3. The standard InChI is InChI=1S/C17H26N4O3S.HI/c1-18-17(21-15-11-14-7-8-16(15)24-14)19-9-10-25(22,23)20-12-13-5-3-2-4-6-13;/h2-6,14-16,20H,7-12H2,1H3,(H2,18,19,21);1H. The predicted molar refractivity (Wildman–Crippen MR) is 113 cm³/mol. The van der Waals surface area contributed by atoms with Gasteiger partial charge in [0.15, 0.2) is 5.96 Å². The number of nitrogens with one attached hydrogen (secondary N) is 3. The zero-order valence-corrected chi connectivity index (χ0v) is 18.0. The van der Waals surface area contributed by atoms with E-state index in [1.54, 1.807) is 7.05 Å². The Kier molecular flexibility index (Phi) is 8.11. The van der Waals surface area contributed by atoms with Gasteiger partial charge in [0, 0.05) is 20.1 Å². The molecule has 0 spiro atoms. The summed E-state index contributed by atoms with van der Waals surface area (Å²) in [6, 6.07) is 9.73. The Morgan fingerprint density at radius 3 is 2.65 bits per heavy atom. The number of hydrogen-bond acceptors (Lipinski definition) is 4. The normalized spacial score (nSPS) is 25.0. The lowest BCUT2D eigenvalue weighted by molar-refractivity contribution is 0.0992. The fourth-order valence-electron chi connectivity index (χ4n) is 3.33. The summed E-state index contributed by atoms with van der Waals surface area (Å²) in [7, 11) is -1.65. The zero-order valence-electron chi connectivity index (χ0n) is 14.8. The third kappa shape index (κ3) is 6.07. The summed E-state index contributed by atoms with van der Waals surface area (Å²) in [5.74, 6) is 0.618. The molecule has 2 bridgehead atoms. The van der Waals surface area contributed by atoms with Crippen LogP contribution in [0.1, 0.15) is 24.8 Å². The Hall–Kier alpha value is -0.910. The lowest BCUT2D eigenvalue weighted by Crippen LogP contribution is -2.48. The van der Waals surface area contributed by atoms with Crippen LogP contribution in [0, 0.1) is 0 Å². The lowest BCUT2D eigenvalue weighted by Gasteiger charge is -2.22. The summed E-state index contributed by atoms with van der Waals surface area (Å²) in [4.78, 5) is 4.17. The van der Waals surface area contributed by atoms with Gasteiger partial charge in [-0.05, 0) is 24.8 Å². The molecule has 0 saturated carbocycles. The number of hydrogen-bond donors (Lipinski definition) is 3. The van der Waals surface area contributed by atoms with Gasteiger partial charge in [0.25, 0.3) is 0 Å². The molecular weight excluding hydrogens is 467 g/mol. The first kappa shape index (κ1) is 21.4. The number of fused-ring (bicyclic) bond motifs is 2. The molecule has 0 radical (unpaired) electrons. The van der Waals surface area contributed by atoms with Gasteiger partial charge in [0.1, 0.15) is 0 Å². The molecule has 0 aliphatic carbocycles. The van der Waals surface area contributed by atoms with E-state index in [1.807, 2.05) is 30.3 Å². The van der Waals surface area contributed by atoms with Crippen molar-refractivity contribution in [2.75, 3.05) is 19.3 Å². The Morgan fingerprint density at radius 1 is 1.27 bits per heavy atom. The van der Waals surface area contributed by atoms with E-state index >= 15 is 0 Å². The SMILES string of the molecule is CN=C(NCCS(=O)(=O)NCc1ccccc1)NC1CC2CCC1O2.I. The molecule has 2 aliphatic heterocycles. The topological polar surface area (TPSA) is 91.8 Å². The average molecular weight is 494 g/mol. The van der Waals surface area contributed by atoms with E-state index in [1.165, 1.54) is 0 Å². The molecule has 146 valence electrons. The highest BCUT2D eigenvalue weighted by Crippen LogP contribution is 2.34. The molecule has 3 unspecified atom stereocenters. The Balaban J connectivity index is 0.00000243. The quantitative estimate of drug-likeness (QED) is 0.301. The van der Waals surface area contributed by atoms with E-state index in [4.69, 9.17) is 4.74 Å². The van der Waals surface area contributed by atoms with Crippen molar-refractivity contribution in [3.63, 3.8) is 0 Å². The molecule has 7 nitrogen and oxygen atoms in total. The van der Waals surface area contributed by atoms with Gasteiger partial charge in [0.05, 0.1) is 24.0 Å². The first-order valence-electron chi connectivity index (χ1n) is 8.69. The number of halogens is 1. The summed E-state index contributed by atoms with van der Waals surface area (Å²) in [6.07, 6.45) is 3.82. The van der Waals surface area contributed by atoms with Crippen LogP contribution < -0.4 is 15.4 Å². The maximum atomic E-state index is 12.1. The van der Waals surface area contributed by atoms with Gasteiger partial charge in [-0.3, -0.25) is 4.99 Å². The summed E-state index contributed by atoms with van der Waals surface area (Å²) in [6.45, 7) is 0.601. The smallest absolute Gasteiger partial charge is 0.213 e. The second-order valence-corrected chi connectivity index (χ2v) is 8.41. The van der Waals surface area contributed by atoms with Crippen LogP contribution in [-0.4, -0.2) is 52.0 Å². The van der Waals surface area contributed by atoms with Gasteiger partial charge in [-0.25, -0.2) is 13.1 Å². The molecular formula is C17H27IN4O3S. The summed E-state index contributed by atoms with van der Waals surface area (Å²) >= 11 is 0. The van der Waals surface area contributed by atoms with Crippen molar-refractivity contribution in [2.45, 2.75) is 44.1 Å². The molecule has 2 heterocycles. The van der Waals surface area contributed by atoms with Crippen molar-refractivity contribution >= 4 is 40.0 Å². The van der Waals surface area contributed by atoms with Crippen LogP contribution in [0.2, 0.25) is 0 Å². The zero-order chi connectivity index (χ0) is 17.7. The van der Waals surface area contributed by atoms with E-state index in [9.17, 15) is 8.42 Å². The maximum absolute atomic E-state index is 12.1. The second-order valence-electron chi connectivity index (χ2n) is 6.49. The number of nitrogens with zero attached hydrogens (tertiary/aromatic N) is 1. The van der Waals surface area contributed by atoms with Crippen molar-refractivity contribution in [1.29, 1.82) is 0 Å². The lowest BCUT2D eigenvalue weighted by atomic mass is 9.96. The fourth-order valence-corrected chi connectivity index (χ4v) is 4.23. The Morgan fingerprint density at radius 2 is 2.04 bits per heavy atom. The van der Waals surface area contributed by atoms with Crippen LogP contribution in [0.25, 0.3) is 0 Å². The number of benzene rings is 1. The summed E-state index contributed by atoms with van der Waals surface area (Å²) in [5, 5.41) is 6.41. The van der Waals surface area contributed by atoms with Gasteiger partial charge in [-0.1, -0.05) is 30.3 Å². The highest BCUT2D eigenvalue weighted by atomic mass is 127. The van der Waals surface area contributed by atoms with E-state index in [0.717, 1.165) is 24.8 Å². The summed E-state index contributed by atoms with van der Waals surface area (Å²) < 4.78 is 32.6. The molecule has 9 heteroatoms. The van der Waals surface area contributed by atoms with Crippen molar-refractivity contribution < 1.29 is 13.2 Å². The molecule has 26 heavy (non-hydrogen) atoms. The molecule has 0 aromatic heterocycles. The molecule has 3 N–H and O–H groups in total. The Labute approximate surface area is 172 Å². The van der Waals surface area contributed by atoms with Gasteiger partial charge < -0.3 is 15.4 Å². The number of sulfonamides is 1. The number of ether oxygens (including phenoxy) is 1. The van der Waals surface area contributed by atoms with E-state index in [2.05, 4.69) is 20.3 Å². The Bertz CT molecular complexity index is 699. The largest absolute Gasteiger partial charge is 0.373 e. The monoisotopic (exact) mass is 494 g/mol. The third-order valence-electron chi connectivity index (χ3n) is 4.65. The fraction of sp³-hybridized carbons (Fsp3) is 0.588. The van der Waals surface area contributed by atoms with Crippen LogP contribution in [0.5, 0.6) is 0 Å². The van der Waals surface area contributed by atoms with Crippen molar-refractivity contribution in [2.24, 2.45) is 4.99 Å². The number of guanidine groups is 1. The second kappa shape index (κ2) is 9.86. The first-order chi connectivity index (χ1) is 12.1. The van der Waals surface area contributed by atoms with E-state index in [-0.39, 0.29) is 41.9 Å². The maximum Gasteiger partial charge on any atom is 0.213 e. The predicted octanol–water partition coefficient (Wildman–Crippen LogP) is 1.21. The van der Waals surface area contributed by atoms with Gasteiger partial charge in [-0.2, -0.15) is 0 Å². The molecule has 0 amide bonds. The summed E-state index contributed by atoms with van der Waals surface area (Å²) in [5.41, 5.74) is 0.938. The van der Waals surface area contributed by atoms with Crippen LogP contribution in [0.15, 0.2) is 35.3 Å². The van der Waals surface area contributed by atoms with E-state index < -0.39 is 10.0 Å². The molecule has 3 atom stereocenters. The molecule has 2 fully saturated rings. The van der Waals surface area contributed by atoms with Crippen LogP contribution in [0.3, 0.4) is 0 Å². The molecule has 2 saturated heterocycles. The minimum absolute atomic E-state index is 0. The molecule has 1 aromatic carbocycles. The third-order valence-corrected chi connectivity index (χ3v) is 5.98. The number of aliphatic imine (C=N–C) groups is 1. The minimum Gasteiger partial charge on any atom is -0.373 e. The van der Waals surface area contributed by atoms with Crippen molar-refractivity contribution in [3.05, 3.63) is 35.9 Å².